The highest BCUT2D eigenvalue weighted by molar-refractivity contribution is 9.10. The van der Waals surface area contributed by atoms with E-state index in [1.165, 1.54) is 0 Å². The molecule has 1 atom stereocenters. The zero-order chi connectivity index (χ0) is 12.0. The SMILES string of the molecule is CCC(CCO)Nc1ccc(C#N)cc1Br. The summed E-state index contributed by atoms with van der Waals surface area (Å²) in [5, 5.41) is 21.0. The Morgan fingerprint density at radius 3 is 2.81 bits per heavy atom. The van der Waals surface area contributed by atoms with Gasteiger partial charge in [0.2, 0.25) is 0 Å². The predicted octanol–water partition coefficient (Wildman–Crippen LogP) is 2.89. The first kappa shape index (κ1) is 13.0. The van der Waals surface area contributed by atoms with E-state index in [-0.39, 0.29) is 12.6 Å². The van der Waals surface area contributed by atoms with Crippen molar-refractivity contribution in [3.05, 3.63) is 28.2 Å². The third-order valence-corrected chi connectivity index (χ3v) is 3.08. The number of benzene rings is 1. The van der Waals surface area contributed by atoms with Gasteiger partial charge in [-0.05, 0) is 47.0 Å². The Labute approximate surface area is 104 Å². The van der Waals surface area contributed by atoms with Crippen LogP contribution in [0.4, 0.5) is 5.69 Å². The highest BCUT2D eigenvalue weighted by atomic mass is 79.9. The molecule has 0 bridgehead atoms. The number of rotatable bonds is 5. The minimum absolute atomic E-state index is 0.180. The summed E-state index contributed by atoms with van der Waals surface area (Å²) in [5.41, 5.74) is 1.59. The minimum Gasteiger partial charge on any atom is -0.396 e. The van der Waals surface area contributed by atoms with Crippen molar-refractivity contribution in [2.75, 3.05) is 11.9 Å². The fraction of sp³-hybridized carbons (Fsp3) is 0.417. The molecule has 1 aromatic carbocycles. The number of nitriles is 1. The van der Waals surface area contributed by atoms with E-state index in [9.17, 15) is 0 Å². The van der Waals surface area contributed by atoms with Crippen LogP contribution in [0.5, 0.6) is 0 Å². The summed E-state index contributed by atoms with van der Waals surface area (Å²) in [4.78, 5) is 0. The van der Waals surface area contributed by atoms with Gasteiger partial charge in [0.15, 0.2) is 0 Å². The van der Waals surface area contributed by atoms with Crippen LogP contribution in [0, 0.1) is 11.3 Å². The molecule has 1 aromatic rings. The van der Waals surface area contributed by atoms with Crippen molar-refractivity contribution in [3.8, 4) is 6.07 Å². The Bertz CT molecular complexity index is 387. The highest BCUT2D eigenvalue weighted by Crippen LogP contribution is 2.24. The molecule has 0 heterocycles. The smallest absolute Gasteiger partial charge is 0.0992 e. The first-order chi connectivity index (χ1) is 7.71. The van der Waals surface area contributed by atoms with Crippen molar-refractivity contribution in [1.82, 2.24) is 0 Å². The maximum Gasteiger partial charge on any atom is 0.0992 e. The van der Waals surface area contributed by atoms with Crippen molar-refractivity contribution < 1.29 is 5.11 Å². The quantitative estimate of drug-likeness (QED) is 0.873. The lowest BCUT2D eigenvalue weighted by atomic mass is 10.1. The molecule has 2 N–H and O–H groups in total. The molecule has 0 aliphatic rings. The van der Waals surface area contributed by atoms with Gasteiger partial charge >= 0.3 is 0 Å². The molecular formula is C12H15BrN2O. The molecule has 1 unspecified atom stereocenters. The normalized spacial score (nSPS) is 11.9. The number of aliphatic hydroxyl groups excluding tert-OH is 1. The second-order valence-electron chi connectivity index (χ2n) is 3.57. The molecule has 0 aliphatic heterocycles. The van der Waals surface area contributed by atoms with Crippen LogP contribution in [-0.2, 0) is 0 Å². The summed E-state index contributed by atoms with van der Waals surface area (Å²) in [5.74, 6) is 0. The first-order valence-electron chi connectivity index (χ1n) is 5.28. The molecule has 0 aromatic heterocycles. The van der Waals surface area contributed by atoms with Gasteiger partial charge in [0.1, 0.15) is 0 Å². The number of anilines is 1. The molecule has 86 valence electrons. The number of nitrogens with one attached hydrogen (secondary N) is 1. The van der Waals surface area contributed by atoms with Crippen LogP contribution in [0.15, 0.2) is 22.7 Å². The Kier molecular flexibility index (Phi) is 5.30. The maximum atomic E-state index is 8.90. The summed E-state index contributed by atoms with van der Waals surface area (Å²) in [6.07, 6.45) is 1.68. The molecule has 1 rings (SSSR count). The van der Waals surface area contributed by atoms with Gasteiger partial charge in [-0.1, -0.05) is 6.92 Å². The van der Waals surface area contributed by atoms with Crippen molar-refractivity contribution in [1.29, 1.82) is 5.26 Å². The Morgan fingerprint density at radius 1 is 1.56 bits per heavy atom. The van der Waals surface area contributed by atoms with Crippen LogP contribution in [0.3, 0.4) is 0 Å². The molecule has 0 spiro atoms. The van der Waals surface area contributed by atoms with Gasteiger partial charge in [0.05, 0.1) is 11.6 Å². The summed E-state index contributed by atoms with van der Waals surface area (Å²) < 4.78 is 0.878. The van der Waals surface area contributed by atoms with Gasteiger partial charge in [-0.3, -0.25) is 0 Å². The lowest BCUT2D eigenvalue weighted by Crippen LogP contribution is -2.20. The van der Waals surface area contributed by atoms with E-state index in [4.69, 9.17) is 10.4 Å². The first-order valence-corrected chi connectivity index (χ1v) is 6.07. The van der Waals surface area contributed by atoms with Crippen LogP contribution in [0.2, 0.25) is 0 Å². The zero-order valence-corrected chi connectivity index (χ0v) is 10.8. The second kappa shape index (κ2) is 6.51. The van der Waals surface area contributed by atoms with E-state index >= 15 is 0 Å². The molecule has 0 fully saturated rings. The van der Waals surface area contributed by atoms with Crippen LogP contribution in [0.25, 0.3) is 0 Å². The zero-order valence-electron chi connectivity index (χ0n) is 9.20. The molecule has 16 heavy (non-hydrogen) atoms. The standard InChI is InChI=1S/C12H15BrN2O/c1-2-10(5-6-16)15-12-4-3-9(8-14)7-11(12)13/h3-4,7,10,15-16H,2,5-6H2,1H3. The third-order valence-electron chi connectivity index (χ3n) is 2.43. The van der Waals surface area contributed by atoms with E-state index in [0.717, 1.165) is 23.0 Å². The lowest BCUT2D eigenvalue weighted by molar-refractivity contribution is 0.278. The van der Waals surface area contributed by atoms with Crippen molar-refractivity contribution in [3.63, 3.8) is 0 Å². The molecule has 0 aliphatic carbocycles. The Balaban J connectivity index is 2.77. The molecular weight excluding hydrogens is 268 g/mol. The highest BCUT2D eigenvalue weighted by Gasteiger charge is 2.07. The summed E-state index contributed by atoms with van der Waals surface area (Å²) >= 11 is 3.42. The van der Waals surface area contributed by atoms with Crippen LogP contribution < -0.4 is 5.32 Å². The van der Waals surface area contributed by atoms with Gasteiger partial charge in [-0.2, -0.15) is 5.26 Å². The summed E-state index contributed by atoms with van der Waals surface area (Å²) in [7, 11) is 0. The second-order valence-corrected chi connectivity index (χ2v) is 4.42. The molecule has 0 radical (unpaired) electrons. The number of nitrogens with zero attached hydrogens (tertiary/aromatic N) is 1. The van der Waals surface area contributed by atoms with E-state index in [1.807, 2.05) is 6.07 Å². The minimum atomic E-state index is 0.180. The number of aliphatic hydroxyl groups is 1. The fourth-order valence-corrected chi connectivity index (χ4v) is 1.95. The van der Waals surface area contributed by atoms with Crippen molar-refractivity contribution in [2.45, 2.75) is 25.8 Å². The number of hydrogen-bond acceptors (Lipinski definition) is 3. The molecule has 3 nitrogen and oxygen atoms in total. The molecule has 0 saturated heterocycles. The van der Waals surface area contributed by atoms with Crippen LogP contribution in [-0.4, -0.2) is 17.8 Å². The van der Waals surface area contributed by atoms with E-state index in [2.05, 4.69) is 34.2 Å². The third kappa shape index (κ3) is 3.51. The molecule has 4 heteroatoms. The molecule has 0 saturated carbocycles. The van der Waals surface area contributed by atoms with E-state index in [0.29, 0.717) is 5.56 Å². The maximum absolute atomic E-state index is 8.90. The monoisotopic (exact) mass is 282 g/mol. The lowest BCUT2D eigenvalue weighted by Gasteiger charge is -2.18. The van der Waals surface area contributed by atoms with Crippen LogP contribution >= 0.6 is 15.9 Å². The molecule has 0 amide bonds. The summed E-state index contributed by atoms with van der Waals surface area (Å²) in [6.45, 7) is 2.25. The predicted molar refractivity (Wildman–Crippen MR) is 68.3 cm³/mol. The van der Waals surface area contributed by atoms with Crippen molar-refractivity contribution in [2.24, 2.45) is 0 Å². The average Bonchev–Trinajstić information content (AvgIpc) is 2.30. The Hall–Kier alpha value is -1.05. The van der Waals surface area contributed by atoms with Crippen LogP contribution in [0.1, 0.15) is 25.3 Å². The van der Waals surface area contributed by atoms with Gasteiger partial charge in [0, 0.05) is 22.8 Å². The Morgan fingerprint density at radius 2 is 2.31 bits per heavy atom. The topological polar surface area (TPSA) is 56.0 Å². The van der Waals surface area contributed by atoms with Gasteiger partial charge < -0.3 is 10.4 Å². The van der Waals surface area contributed by atoms with Gasteiger partial charge in [-0.25, -0.2) is 0 Å². The number of hydrogen-bond donors (Lipinski definition) is 2. The largest absolute Gasteiger partial charge is 0.396 e. The average molecular weight is 283 g/mol. The van der Waals surface area contributed by atoms with Gasteiger partial charge in [-0.15, -0.1) is 0 Å². The number of halogens is 1. The van der Waals surface area contributed by atoms with Gasteiger partial charge in [0.25, 0.3) is 0 Å². The van der Waals surface area contributed by atoms with E-state index in [1.54, 1.807) is 12.1 Å². The fourth-order valence-electron chi connectivity index (χ4n) is 1.46. The summed E-state index contributed by atoms with van der Waals surface area (Å²) in [6, 6.07) is 7.79. The van der Waals surface area contributed by atoms with E-state index < -0.39 is 0 Å². The van der Waals surface area contributed by atoms with Crippen molar-refractivity contribution >= 4 is 21.6 Å².